The molecule has 3 N–H and O–H groups in total. The molecule has 2 aromatic heterocycles. The standard InChI is InChI=1S/C22H31BrN6O/c1-12(2)17(11-30)25-22-26-21(24-16-9-7-15(23)8-10-16)19-20(29(22)14(5)6)18(13(3)4)27-28-19/h7-10,12-14,17,30H,11H2,1-6H3,(H,27,28)(H,24,25,26). The fourth-order valence-electron chi connectivity index (χ4n) is 3.35. The van der Waals surface area contributed by atoms with Crippen molar-refractivity contribution < 1.29 is 5.11 Å². The van der Waals surface area contributed by atoms with Crippen LogP contribution in [0.2, 0.25) is 0 Å². The Morgan fingerprint density at radius 1 is 1.13 bits per heavy atom. The maximum Gasteiger partial charge on any atom is 0.228 e. The van der Waals surface area contributed by atoms with Crippen LogP contribution in [0.4, 0.5) is 11.5 Å². The molecule has 1 unspecified atom stereocenters. The van der Waals surface area contributed by atoms with Gasteiger partial charge < -0.3 is 15.0 Å². The molecule has 2 heterocycles. The van der Waals surface area contributed by atoms with E-state index in [0.717, 1.165) is 26.9 Å². The molecule has 0 saturated heterocycles. The lowest BCUT2D eigenvalue weighted by Gasteiger charge is -2.19. The van der Waals surface area contributed by atoms with E-state index in [1.54, 1.807) is 0 Å². The fraction of sp³-hybridized carbons (Fsp3) is 0.500. The number of halogens is 1. The Morgan fingerprint density at radius 2 is 1.80 bits per heavy atom. The lowest BCUT2D eigenvalue weighted by atomic mass is 10.1. The van der Waals surface area contributed by atoms with Gasteiger partial charge >= 0.3 is 0 Å². The van der Waals surface area contributed by atoms with Gasteiger partial charge in [0.15, 0.2) is 11.3 Å². The van der Waals surface area contributed by atoms with Gasteiger partial charge in [-0.1, -0.05) is 43.6 Å². The number of H-pyrrole nitrogens is 1. The normalized spacial score (nSPS) is 13.8. The lowest BCUT2D eigenvalue weighted by Crippen LogP contribution is -2.32. The van der Waals surface area contributed by atoms with E-state index in [1.165, 1.54) is 0 Å². The topological polar surface area (TPSA) is 91.1 Å². The molecule has 0 aliphatic rings. The maximum absolute atomic E-state index is 9.86. The molecule has 30 heavy (non-hydrogen) atoms. The Labute approximate surface area is 185 Å². The van der Waals surface area contributed by atoms with Crippen molar-refractivity contribution in [3.05, 3.63) is 40.1 Å². The second-order valence-electron chi connectivity index (χ2n) is 8.47. The minimum atomic E-state index is -0.227. The zero-order valence-corrected chi connectivity index (χ0v) is 20.0. The van der Waals surface area contributed by atoms with Gasteiger partial charge in [-0.05, 0) is 49.9 Å². The molecule has 3 aromatic rings. The van der Waals surface area contributed by atoms with Crippen molar-refractivity contribution >= 4 is 38.5 Å². The Morgan fingerprint density at radius 3 is 2.33 bits per heavy atom. The molecule has 0 saturated carbocycles. The van der Waals surface area contributed by atoms with Crippen molar-refractivity contribution in [3.63, 3.8) is 0 Å². The van der Waals surface area contributed by atoms with Crippen LogP contribution in [-0.4, -0.2) is 37.5 Å². The summed E-state index contributed by atoms with van der Waals surface area (Å²) in [6, 6.07) is 7.83. The number of aromatic amines is 1. The van der Waals surface area contributed by atoms with Gasteiger partial charge in [-0.15, -0.1) is 0 Å². The number of nitrogens with one attached hydrogen (secondary N) is 2. The Kier molecular flexibility index (Phi) is 6.98. The zero-order valence-electron chi connectivity index (χ0n) is 18.4. The van der Waals surface area contributed by atoms with Crippen LogP contribution in [0.1, 0.15) is 59.2 Å². The van der Waals surface area contributed by atoms with Gasteiger partial charge in [0, 0.05) is 16.2 Å². The number of aliphatic hydroxyl groups excluding tert-OH is 1. The van der Waals surface area contributed by atoms with E-state index in [1.807, 2.05) is 24.3 Å². The first-order valence-electron chi connectivity index (χ1n) is 10.4. The van der Waals surface area contributed by atoms with Gasteiger partial charge in [0.1, 0.15) is 0 Å². The van der Waals surface area contributed by atoms with E-state index >= 15 is 0 Å². The first kappa shape index (κ1) is 22.5. The number of hydrogen-bond donors (Lipinski definition) is 3. The monoisotopic (exact) mass is 474 g/mol. The third-order valence-electron chi connectivity index (χ3n) is 5.10. The fourth-order valence-corrected chi connectivity index (χ4v) is 3.62. The number of aliphatic hydroxyl groups is 1. The molecule has 0 bridgehead atoms. The van der Waals surface area contributed by atoms with Crippen LogP contribution in [-0.2, 0) is 0 Å². The van der Waals surface area contributed by atoms with Crippen LogP contribution in [0, 0.1) is 5.92 Å². The van der Waals surface area contributed by atoms with Crippen LogP contribution in [0.3, 0.4) is 0 Å². The Hall–Kier alpha value is -2.19. The summed E-state index contributed by atoms with van der Waals surface area (Å²) in [4.78, 5) is 9.72. The predicted molar refractivity (Wildman–Crippen MR) is 125 cm³/mol. The average Bonchev–Trinajstić information content (AvgIpc) is 3.12. The molecule has 0 aliphatic heterocycles. The van der Waals surface area contributed by atoms with E-state index < -0.39 is 0 Å². The maximum atomic E-state index is 9.86. The number of hydrogen-bond acceptors (Lipinski definition) is 5. The Bertz CT molecular complexity index is 1070. The van der Waals surface area contributed by atoms with E-state index in [-0.39, 0.29) is 30.5 Å². The summed E-state index contributed by atoms with van der Waals surface area (Å²) in [5, 5.41) is 21.1. The van der Waals surface area contributed by atoms with E-state index in [0.29, 0.717) is 11.4 Å². The highest BCUT2D eigenvalue weighted by molar-refractivity contribution is 9.10. The molecule has 0 aliphatic carbocycles. The minimum Gasteiger partial charge on any atom is -0.394 e. The van der Waals surface area contributed by atoms with Crippen LogP contribution in [0.25, 0.3) is 11.0 Å². The van der Waals surface area contributed by atoms with E-state index in [9.17, 15) is 5.11 Å². The molecular formula is C22H31BrN6O. The van der Waals surface area contributed by atoms with Crippen molar-refractivity contribution in [1.82, 2.24) is 19.7 Å². The lowest BCUT2D eigenvalue weighted by molar-refractivity contribution is 0.235. The summed E-state index contributed by atoms with van der Waals surface area (Å²) in [5.41, 5.74) is 4.32. The average molecular weight is 475 g/mol. The molecule has 0 spiro atoms. The molecule has 1 atom stereocenters. The van der Waals surface area contributed by atoms with Crippen LogP contribution < -0.4 is 10.9 Å². The number of anilines is 2. The Balaban J connectivity index is 2.32. The second kappa shape index (κ2) is 9.31. The van der Waals surface area contributed by atoms with Crippen molar-refractivity contribution in [2.45, 2.75) is 59.5 Å². The van der Waals surface area contributed by atoms with Gasteiger partial charge in [0.2, 0.25) is 5.62 Å². The van der Waals surface area contributed by atoms with Crippen molar-refractivity contribution in [2.75, 3.05) is 11.9 Å². The van der Waals surface area contributed by atoms with Crippen LogP contribution in [0.5, 0.6) is 0 Å². The molecule has 7 nitrogen and oxygen atoms in total. The molecule has 162 valence electrons. The molecule has 0 fully saturated rings. The SMILES string of the molecule is CC(C)c1[nH]nc2c(Nc3ccc(Br)cc3)nc(=NC(CO)C(C)C)n(C(C)C)c12. The quantitative estimate of drug-likeness (QED) is 0.454. The summed E-state index contributed by atoms with van der Waals surface area (Å²) in [7, 11) is 0. The van der Waals surface area contributed by atoms with Crippen molar-refractivity contribution in [2.24, 2.45) is 10.9 Å². The van der Waals surface area contributed by atoms with E-state index in [4.69, 9.17) is 9.98 Å². The zero-order chi connectivity index (χ0) is 22.0. The van der Waals surface area contributed by atoms with Crippen molar-refractivity contribution in [1.29, 1.82) is 0 Å². The number of fused-ring (bicyclic) bond motifs is 1. The van der Waals surface area contributed by atoms with Gasteiger partial charge in [0.05, 0.1) is 23.9 Å². The summed E-state index contributed by atoms with van der Waals surface area (Å²) in [6.45, 7) is 12.6. The first-order valence-corrected chi connectivity index (χ1v) is 11.2. The van der Waals surface area contributed by atoms with Gasteiger partial charge in [-0.2, -0.15) is 10.1 Å². The van der Waals surface area contributed by atoms with Crippen LogP contribution in [0.15, 0.2) is 33.7 Å². The summed E-state index contributed by atoms with van der Waals surface area (Å²) >= 11 is 3.47. The van der Waals surface area contributed by atoms with Gasteiger partial charge in [-0.3, -0.25) is 5.10 Å². The summed E-state index contributed by atoms with van der Waals surface area (Å²) in [5.74, 6) is 1.10. The molecule has 3 rings (SSSR count). The minimum absolute atomic E-state index is 0.0205. The van der Waals surface area contributed by atoms with Gasteiger partial charge in [-0.25, -0.2) is 4.99 Å². The summed E-state index contributed by atoms with van der Waals surface area (Å²) in [6.07, 6.45) is 0. The van der Waals surface area contributed by atoms with Crippen LogP contribution >= 0.6 is 15.9 Å². The van der Waals surface area contributed by atoms with E-state index in [2.05, 4.69) is 77.6 Å². The highest BCUT2D eigenvalue weighted by atomic mass is 79.9. The summed E-state index contributed by atoms with van der Waals surface area (Å²) < 4.78 is 3.13. The number of benzene rings is 1. The largest absolute Gasteiger partial charge is 0.394 e. The predicted octanol–water partition coefficient (Wildman–Crippen LogP) is 4.89. The number of nitrogens with zero attached hydrogens (tertiary/aromatic N) is 4. The second-order valence-corrected chi connectivity index (χ2v) is 9.38. The van der Waals surface area contributed by atoms with Crippen molar-refractivity contribution in [3.8, 4) is 0 Å². The molecule has 1 aromatic carbocycles. The van der Waals surface area contributed by atoms with Gasteiger partial charge in [0.25, 0.3) is 0 Å². The molecule has 0 amide bonds. The highest BCUT2D eigenvalue weighted by Crippen LogP contribution is 2.29. The molecular weight excluding hydrogens is 444 g/mol. The highest BCUT2D eigenvalue weighted by Gasteiger charge is 2.21. The third kappa shape index (κ3) is 4.59. The number of rotatable bonds is 7. The smallest absolute Gasteiger partial charge is 0.228 e. The molecule has 0 radical (unpaired) electrons. The number of aromatic nitrogens is 4. The first-order chi connectivity index (χ1) is 14.2. The molecule has 8 heteroatoms. The third-order valence-corrected chi connectivity index (χ3v) is 5.63.